The van der Waals surface area contributed by atoms with E-state index in [1.807, 2.05) is 0 Å². The van der Waals surface area contributed by atoms with E-state index in [0.29, 0.717) is 11.1 Å². The summed E-state index contributed by atoms with van der Waals surface area (Å²) in [6, 6.07) is 0. The molecule has 0 aliphatic heterocycles. The van der Waals surface area contributed by atoms with Crippen molar-refractivity contribution < 1.29 is 4.43 Å². The van der Waals surface area contributed by atoms with Crippen molar-refractivity contribution in [2.75, 3.05) is 0 Å². The molecule has 14 heavy (non-hydrogen) atoms. The molecule has 0 unspecified atom stereocenters. The lowest BCUT2D eigenvalue weighted by Crippen LogP contribution is -2.43. The molecule has 0 saturated heterocycles. The summed E-state index contributed by atoms with van der Waals surface area (Å²) < 4.78 is 7.57. The van der Waals surface area contributed by atoms with Gasteiger partial charge in [0, 0.05) is 0 Å². The topological polar surface area (TPSA) is 9.23 Å². The minimum Gasteiger partial charge on any atom is -0.411 e. The van der Waals surface area contributed by atoms with Gasteiger partial charge in [-0.25, -0.2) is 0 Å². The van der Waals surface area contributed by atoms with Crippen LogP contribution >= 0.6 is 15.9 Å². The first-order valence-corrected chi connectivity index (χ1v) is 8.96. The van der Waals surface area contributed by atoms with Crippen molar-refractivity contribution >= 4 is 24.2 Å². The fraction of sp³-hybridized carbons (Fsp3) is 0.818. The number of hydrogen-bond acceptors (Lipinski definition) is 1. The van der Waals surface area contributed by atoms with Crippen molar-refractivity contribution in [3.05, 3.63) is 10.6 Å². The van der Waals surface area contributed by atoms with Gasteiger partial charge in [-0.3, -0.25) is 0 Å². The first-order chi connectivity index (χ1) is 6.22. The molecule has 1 rings (SSSR count). The highest BCUT2D eigenvalue weighted by Crippen LogP contribution is 2.39. The summed E-state index contributed by atoms with van der Waals surface area (Å²) in [5, 5.41) is 0.315. The zero-order valence-electron chi connectivity index (χ0n) is 9.86. The van der Waals surface area contributed by atoms with E-state index < -0.39 is 8.32 Å². The molecule has 0 amide bonds. The minimum absolute atomic E-state index is 0.315. The van der Waals surface area contributed by atoms with Crippen LogP contribution in [0.3, 0.4) is 0 Å². The van der Waals surface area contributed by atoms with Gasteiger partial charge in [-0.2, -0.15) is 0 Å². The maximum absolute atomic E-state index is 6.27. The molecule has 1 aliphatic carbocycles. The molecule has 0 aromatic rings. The highest BCUT2D eigenvalue weighted by molar-refractivity contribution is 9.11. The third-order valence-corrected chi connectivity index (χ3v) is 8.45. The van der Waals surface area contributed by atoms with Crippen molar-refractivity contribution in [2.45, 2.75) is 57.8 Å². The van der Waals surface area contributed by atoms with Crippen LogP contribution in [0.5, 0.6) is 0 Å². The predicted octanol–water partition coefficient (Wildman–Crippen LogP) is 4.45. The van der Waals surface area contributed by atoms with Gasteiger partial charge < -0.3 is 4.43 Å². The van der Waals surface area contributed by atoms with Crippen LogP contribution in [0.15, 0.2) is 10.6 Å². The first-order valence-electron chi connectivity index (χ1n) is 5.26. The Labute approximate surface area is 97.2 Å². The van der Waals surface area contributed by atoms with E-state index >= 15 is 0 Å². The monoisotopic (exact) mass is 276 g/mol. The molecule has 0 heterocycles. The number of halogens is 1. The SMILES string of the molecule is CC(C)(C)[Si](C)(C)O[C@H]1C=C(Br)CC1. The van der Waals surface area contributed by atoms with Crippen molar-refractivity contribution in [1.82, 2.24) is 0 Å². The van der Waals surface area contributed by atoms with E-state index in [0.717, 1.165) is 12.8 Å². The van der Waals surface area contributed by atoms with Gasteiger partial charge in [-0.05, 0) is 41.5 Å². The largest absolute Gasteiger partial charge is 0.411 e. The van der Waals surface area contributed by atoms with Gasteiger partial charge in [-0.1, -0.05) is 36.7 Å². The van der Waals surface area contributed by atoms with Crippen LogP contribution in [-0.2, 0) is 4.43 Å². The highest BCUT2D eigenvalue weighted by Gasteiger charge is 2.39. The van der Waals surface area contributed by atoms with Crippen LogP contribution in [0.2, 0.25) is 18.1 Å². The van der Waals surface area contributed by atoms with Gasteiger partial charge in [0.15, 0.2) is 8.32 Å². The van der Waals surface area contributed by atoms with Gasteiger partial charge in [0.25, 0.3) is 0 Å². The van der Waals surface area contributed by atoms with Crippen LogP contribution in [0.1, 0.15) is 33.6 Å². The zero-order chi connectivity index (χ0) is 11.0. The quantitative estimate of drug-likeness (QED) is 0.678. The van der Waals surface area contributed by atoms with E-state index in [1.165, 1.54) is 4.48 Å². The molecule has 0 aromatic heterocycles. The van der Waals surface area contributed by atoms with Crippen molar-refractivity contribution in [1.29, 1.82) is 0 Å². The average molecular weight is 277 g/mol. The lowest BCUT2D eigenvalue weighted by Gasteiger charge is -2.38. The Bertz CT molecular complexity index is 240. The molecule has 1 nitrogen and oxygen atoms in total. The molecule has 3 heteroatoms. The molecular formula is C11H21BrOSi. The Hall–Kier alpha value is 0.397. The molecular weight excluding hydrogens is 256 g/mol. The molecule has 1 atom stereocenters. The lowest BCUT2D eigenvalue weighted by molar-refractivity contribution is 0.224. The van der Waals surface area contributed by atoms with Gasteiger partial charge >= 0.3 is 0 Å². The van der Waals surface area contributed by atoms with Gasteiger partial charge in [-0.15, -0.1) is 0 Å². The molecule has 1 aliphatic rings. The summed E-state index contributed by atoms with van der Waals surface area (Å²) in [6.45, 7) is 11.5. The van der Waals surface area contributed by atoms with E-state index in [2.05, 4.69) is 55.9 Å². The summed E-state index contributed by atoms with van der Waals surface area (Å²) in [5.74, 6) is 0. The standard InChI is InChI=1S/C11H21BrOSi/c1-11(2,3)14(4,5)13-10-7-6-9(12)8-10/h8,10H,6-7H2,1-5H3/t10-/m1/s1. The van der Waals surface area contributed by atoms with Crippen molar-refractivity contribution in [3.8, 4) is 0 Å². The second-order valence-corrected chi connectivity index (χ2v) is 11.3. The van der Waals surface area contributed by atoms with Crippen molar-refractivity contribution in [2.24, 2.45) is 0 Å². The molecule has 82 valence electrons. The van der Waals surface area contributed by atoms with Crippen LogP contribution in [-0.4, -0.2) is 14.4 Å². The number of allylic oxidation sites excluding steroid dienone is 1. The summed E-state index contributed by atoms with van der Waals surface area (Å²) in [5.41, 5.74) is 0. The fourth-order valence-electron chi connectivity index (χ4n) is 1.30. The second-order valence-electron chi connectivity index (χ2n) is 5.57. The zero-order valence-corrected chi connectivity index (χ0v) is 12.4. The van der Waals surface area contributed by atoms with Crippen LogP contribution < -0.4 is 0 Å². The smallest absolute Gasteiger partial charge is 0.192 e. The Balaban J connectivity index is 2.60. The van der Waals surface area contributed by atoms with Crippen molar-refractivity contribution in [3.63, 3.8) is 0 Å². The summed E-state index contributed by atoms with van der Waals surface area (Å²) in [6.07, 6.45) is 4.86. The molecule has 0 spiro atoms. The Morgan fingerprint density at radius 3 is 2.36 bits per heavy atom. The normalized spacial score (nSPS) is 23.9. The summed E-state index contributed by atoms with van der Waals surface area (Å²) >= 11 is 3.53. The predicted molar refractivity (Wildman–Crippen MR) is 68.3 cm³/mol. The number of rotatable bonds is 2. The van der Waals surface area contributed by atoms with Crippen LogP contribution in [0.4, 0.5) is 0 Å². The molecule has 0 aromatic carbocycles. The fourth-order valence-corrected chi connectivity index (χ4v) is 3.12. The van der Waals surface area contributed by atoms with Gasteiger partial charge in [0.1, 0.15) is 0 Å². The Morgan fingerprint density at radius 2 is 2.00 bits per heavy atom. The summed E-state index contributed by atoms with van der Waals surface area (Å²) in [7, 11) is -1.56. The first kappa shape index (κ1) is 12.5. The third kappa shape index (κ3) is 2.94. The minimum atomic E-state index is -1.56. The second kappa shape index (κ2) is 4.10. The van der Waals surface area contributed by atoms with E-state index in [1.54, 1.807) is 0 Å². The van der Waals surface area contributed by atoms with E-state index in [-0.39, 0.29) is 0 Å². The Kier molecular flexibility index (Phi) is 3.65. The van der Waals surface area contributed by atoms with Gasteiger partial charge in [0.05, 0.1) is 6.10 Å². The average Bonchev–Trinajstić information content (AvgIpc) is 2.31. The molecule has 0 radical (unpaired) electrons. The highest BCUT2D eigenvalue weighted by atomic mass is 79.9. The Morgan fingerprint density at radius 1 is 1.43 bits per heavy atom. The van der Waals surface area contributed by atoms with Gasteiger partial charge in [0.2, 0.25) is 0 Å². The van der Waals surface area contributed by atoms with Crippen LogP contribution in [0.25, 0.3) is 0 Å². The molecule has 0 bridgehead atoms. The lowest BCUT2D eigenvalue weighted by atomic mass is 10.2. The maximum Gasteiger partial charge on any atom is 0.192 e. The van der Waals surface area contributed by atoms with E-state index in [9.17, 15) is 0 Å². The summed E-state index contributed by atoms with van der Waals surface area (Å²) in [4.78, 5) is 0. The maximum atomic E-state index is 6.27. The molecule has 0 saturated carbocycles. The molecule has 0 fully saturated rings. The number of hydrogen-bond donors (Lipinski definition) is 0. The third-order valence-electron chi connectivity index (χ3n) is 3.29. The molecule has 0 N–H and O–H groups in total. The van der Waals surface area contributed by atoms with Crippen LogP contribution in [0, 0.1) is 0 Å². The van der Waals surface area contributed by atoms with E-state index in [4.69, 9.17) is 4.43 Å².